The molecule has 0 spiro atoms. The van der Waals surface area contributed by atoms with Crippen LogP contribution in [0, 0.1) is 0 Å². The lowest BCUT2D eigenvalue weighted by atomic mass is 9.30. The summed E-state index contributed by atoms with van der Waals surface area (Å²) in [6.07, 6.45) is 0. The molecule has 6 heteroatoms. The van der Waals surface area contributed by atoms with E-state index >= 15 is 0 Å². The minimum Gasteiger partial charge on any atom is -0.458 e. The summed E-state index contributed by atoms with van der Waals surface area (Å²) in [5.41, 5.74) is 18.6. The summed E-state index contributed by atoms with van der Waals surface area (Å²) in [6, 6.07) is 64.5. The summed E-state index contributed by atoms with van der Waals surface area (Å²) in [6.45, 7) is 0.0315. The number of anilines is 6. The number of hydrogen-bond donors (Lipinski definition) is 0. The fourth-order valence-corrected chi connectivity index (χ4v) is 10.2. The molecule has 5 heterocycles. The van der Waals surface area contributed by atoms with Gasteiger partial charge in [-0.3, -0.25) is 0 Å². The number of ether oxygens (including phenoxy) is 1. The first-order valence-corrected chi connectivity index (χ1v) is 18.8. The van der Waals surface area contributed by atoms with Crippen molar-refractivity contribution in [2.45, 2.75) is 0 Å². The zero-order valence-electron chi connectivity index (χ0n) is 29.1. The van der Waals surface area contributed by atoms with Gasteiger partial charge in [0.1, 0.15) is 11.5 Å². The van der Waals surface area contributed by atoms with Gasteiger partial charge in [-0.1, -0.05) is 109 Å². The van der Waals surface area contributed by atoms with E-state index in [1.807, 2.05) is 0 Å². The molecule has 0 amide bonds. The van der Waals surface area contributed by atoms with Crippen molar-refractivity contribution in [3.63, 3.8) is 0 Å². The third-order valence-corrected chi connectivity index (χ3v) is 12.2. The Balaban J connectivity index is 1.23. The van der Waals surface area contributed by atoms with Crippen molar-refractivity contribution in [2.24, 2.45) is 0 Å². The van der Waals surface area contributed by atoms with E-state index in [1.54, 1.807) is 0 Å². The molecule has 13 rings (SSSR count). The molecule has 4 aliphatic rings. The van der Waals surface area contributed by atoms with Crippen molar-refractivity contribution in [1.82, 2.24) is 4.57 Å². The summed E-state index contributed by atoms with van der Waals surface area (Å²) in [7, 11) is 0. The number of fused-ring (bicyclic) bond motifs is 12. The molecule has 8 aromatic carbocycles. The van der Waals surface area contributed by atoms with E-state index in [0.29, 0.717) is 0 Å². The van der Waals surface area contributed by atoms with E-state index in [9.17, 15) is 0 Å². The molecule has 248 valence electrons. The number of benzene rings is 8. The Morgan fingerprint density at radius 2 is 1.00 bits per heavy atom. The smallest absolute Gasteiger partial charge is 0.256 e. The molecular formula is C48H29B2N3O. The highest BCUT2D eigenvalue weighted by Crippen LogP contribution is 2.48. The largest absolute Gasteiger partial charge is 0.458 e. The highest BCUT2D eigenvalue weighted by Gasteiger charge is 2.47. The Bertz CT molecular complexity index is 3070. The van der Waals surface area contributed by atoms with Crippen LogP contribution in [0.4, 0.5) is 34.1 Å². The van der Waals surface area contributed by atoms with Crippen LogP contribution in [-0.4, -0.2) is 18.0 Å². The molecule has 0 saturated carbocycles. The van der Waals surface area contributed by atoms with Crippen LogP contribution >= 0.6 is 0 Å². The quantitative estimate of drug-likeness (QED) is 0.173. The monoisotopic (exact) mass is 685 g/mol. The second-order valence-electron chi connectivity index (χ2n) is 14.8. The molecule has 0 atom stereocenters. The third kappa shape index (κ3) is 3.51. The second kappa shape index (κ2) is 10.4. The Kier molecular flexibility index (Phi) is 5.50. The lowest BCUT2D eigenvalue weighted by Gasteiger charge is -2.45. The van der Waals surface area contributed by atoms with Gasteiger partial charge in [0.15, 0.2) is 0 Å². The van der Waals surface area contributed by atoms with Gasteiger partial charge in [0.2, 0.25) is 0 Å². The number of rotatable bonds is 2. The van der Waals surface area contributed by atoms with Crippen molar-refractivity contribution < 1.29 is 4.74 Å². The zero-order valence-corrected chi connectivity index (χ0v) is 29.1. The molecular weight excluding hydrogens is 656 g/mol. The maximum absolute atomic E-state index is 6.70. The standard InChI is InChI=1S/C48H29B2N3O/c1-3-15-30(16-4-1)51-38-23-11-8-20-33(38)49-35-29-36-48-44(47(35)52(31-17-5-2-6-18-31)40-25-13-24-39(51)45(40)49)32-19-7-10-22-37(32)53(48)41-26-14-28-43-46(41)50(36)34-21-9-12-27-42(34)54-43/h1-29H. The first-order chi connectivity index (χ1) is 26.8. The van der Waals surface area contributed by atoms with E-state index in [2.05, 4.69) is 190 Å². The molecule has 4 aliphatic heterocycles. The second-order valence-corrected chi connectivity index (χ2v) is 14.8. The summed E-state index contributed by atoms with van der Waals surface area (Å²) < 4.78 is 9.22. The highest BCUT2D eigenvalue weighted by atomic mass is 16.5. The molecule has 0 fully saturated rings. The maximum atomic E-state index is 6.70. The average molecular weight is 685 g/mol. The average Bonchev–Trinajstić information content (AvgIpc) is 3.58. The van der Waals surface area contributed by atoms with Crippen molar-refractivity contribution >= 4 is 102 Å². The van der Waals surface area contributed by atoms with Crippen molar-refractivity contribution in [2.75, 3.05) is 9.80 Å². The first-order valence-electron chi connectivity index (χ1n) is 18.8. The zero-order chi connectivity index (χ0) is 35.1. The minimum absolute atomic E-state index is 0.0109. The van der Waals surface area contributed by atoms with Crippen LogP contribution < -0.4 is 47.3 Å². The van der Waals surface area contributed by atoms with Gasteiger partial charge in [-0.05, 0) is 99.5 Å². The molecule has 0 unspecified atom stereocenters. The van der Waals surface area contributed by atoms with Gasteiger partial charge in [0.05, 0.1) is 16.7 Å². The molecule has 0 N–H and O–H groups in total. The topological polar surface area (TPSA) is 20.6 Å². The lowest BCUT2D eigenvalue weighted by Crippen LogP contribution is -2.64. The van der Waals surface area contributed by atoms with Crippen LogP contribution in [0.3, 0.4) is 0 Å². The fraction of sp³-hybridized carbons (Fsp3) is 0. The van der Waals surface area contributed by atoms with Crippen LogP contribution in [0.1, 0.15) is 0 Å². The molecule has 0 saturated heterocycles. The van der Waals surface area contributed by atoms with Crippen molar-refractivity contribution in [3.8, 4) is 17.2 Å². The van der Waals surface area contributed by atoms with Gasteiger partial charge >= 0.3 is 0 Å². The van der Waals surface area contributed by atoms with Crippen LogP contribution in [0.25, 0.3) is 27.5 Å². The summed E-state index contributed by atoms with van der Waals surface area (Å²) >= 11 is 0. The Labute approximate surface area is 313 Å². The summed E-state index contributed by atoms with van der Waals surface area (Å²) in [5, 5.41) is 2.55. The fourth-order valence-electron chi connectivity index (χ4n) is 10.2. The molecule has 0 aliphatic carbocycles. The van der Waals surface area contributed by atoms with Gasteiger partial charge in [0, 0.05) is 44.9 Å². The van der Waals surface area contributed by atoms with Crippen LogP contribution in [-0.2, 0) is 0 Å². The minimum atomic E-state index is 0.0109. The van der Waals surface area contributed by atoms with Gasteiger partial charge in [-0.15, -0.1) is 0 Å². The van der Waals surface area contributed by atoms with Crippen molar-refractivity contribution in [3.05, 3.63) is 176 Å². The summed E-state index contributed by atoms with van der Waals surface area (Å²) in [4.78, 5) is 5.02. The number of para-hydroxylation sites is 5. The molecule has 0 radical (unpaired) electrons. The van der Waals surface area contributed by atoms with E-state index in [-0.39, 0.29) is 13.4 Å². The molecule has 0 bridgehead atoms. The van der Waals surface area contributed by atoms with E-state index < -0.39 is 0 Å². The Hall–Kier alpha value is -6.91. The first kappa shape index (κ1) is 28.6. The molecule has 4 nitrogen and oxygen atoms in total. The number of aromatic nitrogens is 1. The van der Waals surface area contributed by atoms with Gasteiger partial charge in [-0.2, -0.15) is 0 Å². The lowest BCUT2D eigenvalue weighted by molar-refractivity contribution is 0.487. The van der Waals surface area contributed by atoms with E-state index in [4.69, 9.17) is 4.74 Å². The predicted octanol–water partition coefficient (Wildman–Crippen LogP) is 7.80. The van der Waals surface area contributed by atoms with E-state index in [1.165, 1.54) is 83.0 Å². The Morgan fingerprint density at radius 3 is 1.83 bits per heavy atom. The van der Waals surface area contributed by atoms with E-state index in [0.717, 1.165) is 22.9 Å². The molecule has 1 aromatic heterocycles. The number of nitrogens with zero attached hydrogens (tertiary/aromatic N) is 3. The normalized spacial score (nSPS) is 13.9. The van der Waals surface area contributed by atoms with Gasteiger partial charge in [0.25, 0.3) is 13.4 Å². The summed E-state index contributed by atoms with van der Waals surface area (Å²) in [5.74, 6) is 1.87. The maximum Gasteiger partial charge on any atom is 0.256 e. The Morgan fingerprint density at radius 1 is 0.407 bits per heavy atom. The molecule has 9 aromatic rings. The SMILES string of the molecule is c1ccc(N2c3ccccc3B3c4cc5c6c(c4N(c4ccccc4)c4cccc2c43)c2ccccc2n6-c2cccc3c2B5c2ccccc2O3)cc1. The van der Waals surface area contributed by atoms with Crippen molar-refractivity contribution in [1.29, 1.82) is 0 Å². The van der Waals surface area contributed by atoms with Crippen LogP contribution in [0.15, 0.2) is 176 Å². The highest BCUT2D eigenvalue weighted by molar-refractivity contribution is 7.03. The molecule has 54 heavy (non-hydrogen) atoms. The predicted molar refractivity (Wildman–Crippen MR) is 226 cm³/mol. The van der Waals surface area contributed by atoms with Crippen LogP contribution in [0.2, 0.25) is 0 Å². The van der Waals surface area contributed by atoms with Gasteiger partial charge < -0.3 is 19.1 Å². The van der Waals surface area contributed by atoms with Crippen LogP contribution in [0.5, 0.6) is 11.5 Å². The van der Waals surface area contributed by atoms with Gasteiger partial charge in [-0.25, -0.2) is 0 Å². The number of hydrogen-bond acceptors (Lipinski definition) is 3. The third-order valence-electron chi connectivity index (χ3n) is 12.2.